The van der Waals surface area contributed by atoms with E-state index in [1.807, 2.05) is 13.8 Å². The molecule has 1 aromatic carbocycles. The number of halogens is 3. The van der Waals surface area contributed by atoms with E-state index >= 15 is 0 Å². The molecule has 0 N–H and O–H groups in total. The Bertz CT molecular complexity index is 926. The molecule has 2 fully saturated rings. The van der Waals surface area contributed by atoms with Gasteiger partial charge in [-0.1, -0.05) is 63.3 Å². The number of benzene rings is 1. The van der Waals surface area contributed by atoms with Crippen molar-refractivity contribution in [2.75, 3.05) is 7.11 Å². The summed E-state index contributed by atoms with van der Waals surface area (Å²) in [7, 11) is 1.63. The molecular weight excluding hydrogens is 526 g/mol. The van der Waals surface area contributed by atoms with E-state index in [9.17, 15) is 18.4 Å². The van der Waals surface area contributed by atoms with Crippen LogP contribution in [0, 0.1) is 0 Å². The van der Waals surface area contributed by atoms with Gasteiger partial charge >= 0.3 is 11.9 Å². The van der Waals surface area contributed by atoms with Crippen molar-refractivity contribution in [3.05, 3.63) is 28.3 Å². The summed E-state index contributed by atoms with van der Waals surface area (Å²) >= 11 is 6.88. The van der Waals surface area contributed by atoms with E-state index in [2.05, 4.69) is 12.1 Å². The first-order valence-corrected chi connectivity index (χ1v) is 15.2. The predicted molar refractivity (Wildman–Crippen MR) is 149 cm³/mol. The lowest BCUT2D eigenvalue weighted by Gasteiger charge is -2.32. The summed E-state index contributed by atoms with van der Waals surface area (Å²) in [6.45, 7) is 3.93. The molecule has 2 unspecified atom stereocenters. The smallest absolute Gasteiger partial charge is 0.340 e. The highest BCUT2D eigenvalue weighted by atomic mass is 35.5. The van der Waals surface area contributed by atoms with Gasteiger partial charge in [0.05, 0.1) is 12.1 Å². The molecule has 220 valence electrons. The van der Waals surface area contributed by atoms with Crippen LogP contribution >= 0.6 is 11.6 Å². The fourth-order valence-corrected chi connectivity index (χ4v) is 6.30. The van der Waals surface area contributed by atoms with Crippen LogP contribution in [0.5, 0.6) is 5.75 Å². The standard InChI is InChI=1S/C31H45ClF2O5/c1-4-6-8-26(33)30(35)38-22-14-10-20(11-15-22)24-18-19-25(29(37-3)28(24)32)21-12-16-23(17-13-21)39-31(36)27(34)9-7-5-2/h18-23,26-27H,4-17H2,1-3H3. The lowest BCUT2D eigenvalue weighted by Crippen LogP contribution is -2.29. The third kappa shape index (κ3) is 8.80. The van der Waals surface area contributed by atoms with Crippen molar-refractivity contribution in [1.29, 1.82) is 0 Å². The molecule has 2 saturated carbocycles. The van der Waals surface area contributed by atoms with Crippen LogP contribution in [0.25, 0.3) is 0 Å². The van der Waals surface area contributed by atoms with Gasteiger partial charge in [-0.25, -0.2) is 18.4 Å². The normalized spacial score (nSPS) is 25.0. The summed E-state index contributed by atoms with van der Waals surface area (Å²) in [6, 6.07) is 4.17. The Hall–Kier alpha value is -1.89. The summed E-state index contributed by atoms with van der Waals surface area (Å²) in [5.74, 6) is -0.348. The Balaban J connectivity index is 1.54. The largest absolute Gasteiger partial charge is 0.495 e. The van der Waals surface area contributed by atoms with Gasteiger partial charge in [0.2, 0.25) is 0 Å². The molecule has 0 bridgehead atoms. The van der Waals surface area contributed by atoms with Crippen LogP contribution in [0.4, 0.5) is 8.78 Å². The first kappa shape index (κ1) is 31.6. The SMILES string of the molecule is CCCCC(F)C(=O)OC1CCC(c2ccc(C3CCC(OC(=O)C(F)CCCC)CC3)c(OC)c2Cl)CC1. The summed E-state index contributed by atoms with van der Waals surface area (Å²) in [4.78, 5) is 24.1. The predicted octanol–water partition coefficient (Wildman–Crippen LogP) is 8.54. The molecule has 2 aliphatic rings. The van der Waals surface area contributed by atoms with E-state index in [4.69, 9.17) is 25.8 Å². The molecule has 39 heavy (non-hydrogen) atoms. The number of hydrogen-bond acceptors (Lipinski definition) is 5. The molecule has 2 atom stereocenters. The summed E-state index contributed by atoms with van der Waals surface area (Å²) in [5.41, 5.74) is 2.07. The summed E-state index contributed by atoms with van der Waals surface area (Å²) < 4.78 is 44.7. The van der Waals surface area contributed by atoms with Gasteiger partial charge in [0.1, 0.15) is 18.0 Å². The first-order valence-electron chi connectivity index (χ1n) is 14.8. The molecule has 0 aromatic heterocycles. The molecule has 2 aliphatic carbocycles. The van der Waals surface area contributed by atoms with Crippen molar-refractivity contribution in [1.82, 2.24) is 0 Å². The lowest BCUT2D eigenvalue weighted by atomic mass is 9.79. The van der Waals surface area contributed by atoms with Crippen molar-refractivity contribution in [3.63, 3.8) is 0 Å². The van der Waals surface area contributed by atoms with Gasteiger partial charge in [0, 0.05) is 0 Å². The molecule has 8 heteroatoms. The first-order chi connectivity index (χ1) is 18.8. The Kier molecular flexibility index (Phi) is 12.8. The zero-order valence-corrected chi connectivity index (χ0v) is 24.4. The van der Waals surface area contributed by atoms with E-state index in [0.29, 0.717) is 49.3 Å². The second kappa shape index (κ2) is 15.8. The number of ether oxygens (including phenoxy) is 3. The van der Waals surface area contributed by atoms with Gasteiger partial charge in [-0.3, -0.25) is 0 Å². The number of alkyl halides is 2. The van der Waals surface area contributed by atoms with Crippen molar-refractivity contribution in [2.45, 2.75) is 140 Å². The minimum Gasteiger partial charge on any atom is -0.495 e. The van der Waals surface area contributed by atoms with Crippen LogP contribution in [0.15, 0.2) is 12.1 Å². The minimum atomic E-state index is -1.54. The number of carbonyl (C=O) groups is 2. The van der Waals surface area contributed by atoms with Gasteiger partial charge in [-0.2, -0.15) is 0 Å². The molecule has 0 aliphatic heterocycles. The maximum Gasteiger partial charge on any atom is 0.340 e. The lowest BCUT2D eigenvalue weighted by molar-refractivity contribution is -0.157. The van der Waals surface area contributed by atoms with Gasteiger partial charge < -0.3 is 14.2 Å². The van der Waals surface area contributed by atoms with Crippen molar-refractivity contribution >= 4 is 23.5 Å². The van der Waals surface area contributed by atoms with Crippen LogP contribution in [-0.2, 0) is 19.1 Å². The van der Waals surface area contributed by atoms with Crippen molar-refractivity contribution in [3.8, 4) is 5.75 Å². The molecule has 3 rings (SSSR count). The molecule has 5 nitrogen and oxygen atoms in total. The minimum absolute atomic E-state index is 0.216. The molecule has 0 radical (unpaired) electrons. The van der Waals surface area contributed by atoms with Crippen LogP contribution in [-0.4, -0.2) is 43.6 Å². The highest BCUT2D eigenvalue weighted by Gasteiger charge is 2.32. The van der Waals surface area contributed by atoms with E-state index in [-0.39, 0.29) is 36.9 Å². The quantitative estimate of drug-likeness (QED) is 0.222. The summed E-state index contributed by atoms with van der Waals surface area (Å²) in [6.07, 6.45) is 5.83. The van der Waals surface area contributed by atoms with Crippen LogP contribution in [0.2, 0.25) is 5.02 Å². The Morgan fingerprint density at radius 2 is 1.21 bits per heavy atom. The molecule has 0 amide bonds. The Morgan fingerprint density at radius 1 is 0.795 bits per heavy atom. The van der Waals surface area contributed by atoms with E-state index < -0.39 is 24.3 Å². The average Bonchev–Trinajstić information content (AvgIpc) is 2.95. The fraction of sp³-hybridized carbons (Fsp3) is 0.742. The fourth-order valence-electron chi connectivity index (χ4n) is 5.89. The van der Waals surface area contributed by atoms with E-state index in [0.717, 1.165) is 49.7 Å². The third-order valence-electron chi connectivity index (χ3n) is 8.29. The number of methoxy groups -OCH3 is 1. The van der Waals surface area contributed by atoms with Crippen LogP contribution in [0.1, 0.15) is 127 Å². The second-order valence-corrected chi connectivity index (χ2v) is 11.5. The number of unbranched alkanes of at least 4 members (excludes halogenated alkanes) is 2. The van der Waals surface area contributed by atoms with Crippen LogP contribution in [0.3, 0.4) is 0 Å². The zero-order chi connectivity index (χ0) is 28.4. The van der Waals surface area contributed by atoms with Crippen molar-refractivity contribution < 1.29 is 32.6 Å². The van der Waals surface area contributed by atoms with Gasteiger partial charge in [0.15, 0.2) is 12.3 Å². The number of esters is 2. The van der Waals surface area contributed by atoms with Gasteiger partial charge in [-0.15, -0.1) is 0 Å². The molecule has 0 spiro atoms. The molecule has 1 aromatic rings. The highest BCUT2D eigenvalue weighted by Crippen LogP contribution is 2.46. The van der Waals surface area contributed by atoms with Crippen molar-refractivity contribution in [2.24, 2.45) is 0 Å². The van der Waals surface area contributed by atoms with E-state index in [1.54, 1.807) is 7.11 Å². The maximum absolute atomic E-state index is 14.0. The number of rotatable bonds is 13. The van der Waals surface area contributed by atoms with Crippen LogP contribution < -0.4 is 4.74 Å². The van der Waals surface area contributed by atoms with E-state index in [1.165, 1.54) is 0 Å². The zero-order valence-electron chi connectivity index (χ0n) is 23.7. The monoisotopic (exact) mass is 570 g/mol. The number of carbonyl (C=O) groups excluding carboxylic acids is 2. The number of hydrogen-bond donors (Lipinski definition) is 0. The molecule has 0 heterocycles. The van der Waals surface area contributed by atoms with Gasteiger partial charge in [0.25, 0.3) is 0 Å². The topological polar surface area (TPSA) is 61.8 Å². The third-order valence-corrected chi connectivity index (χ3v) is 8.68. The molecule has 0 saturated heterocycles. The Labute approximate surface area is 237 Å². The summed E-state index contributed by atoms with van der Waals surface area (Å²) in [5, 5.41) is 0.614. The second-order valence-electron chi connectivity index (χ2n) is 11.1. The maximum atomic E-state index is 14.0. The molecular formula is C31H45ClF2O5. The average molecular weight is 571 g/mol. The Morgan fingerprint density at radius 3 is 1.62 bits per heavy atom. The van der Waals surface area contributed by atoms with Gasteiger partial charge in [-0.05, 0) is 87.2 Å². The highest BCUT2D eigenvalue weighted by molar-refractivity contribution is 6.33.